The summed E-state index contributed by atoms with van der Waals surface area (Å²) in [6, 6.07) is 7.74. The number of hydrogen-bond acceptors (Lipinski definition) is 2. The standard InChI is InChI=1S/C13H13BrN2/c1-2-3-4-5-8-16-13-9-12(14)7-6-11(13)10-15/h1,6-7,9,16H,3-5,8H2. The zero-order chi connectivity index (χ0) is 11.8. The van der Waals surface area contributed by atoms with Crippen molar-refractivity contribution < 1.29 is 0 Å². The first-order valence-corrected chi connectivity index (χ1v) is 5.94. The van der Waals surface area contributed by atoms with E-state index < -0.39 is 0 Å². The maximum absolute atomic E-state index is 8.92. The molecule has 16 heavy (non-hydrogen) atoms. The van der Waals surface area contributed by atoms with Gasteiger partial charge in [-0.3, -0.25) is 0 Å². The largest absolute Gasteiger partial charge is 0.384 e. The van der Waals surface area contributed by atoms with E-state index in [2.05, 4.69) is 33.2 Å². The third-order valence-electron chi connectivity index (χ3n) is 2.17. The lowest BCUT2D eigenvalue weighted by Crippen LogP contribution is -2.03. The lowest BCUT2D eigenvalue weighted by molar-refractivity contribution is 0.789. The topological polar surface area (TPSA) is 35.8 Å². The van der Waals surface area contributed by atoms with Crippen LogP contribution in [0.4, 0.5) is 5.69 Å². The number of hydrogen-bond donors (Lipinski definition) is 1. The van der Waals surface area contributed by atoms with Gasteiger partial charge in [0.05, 0.1) is 11.3 Å². The molecule has 1 aromatic rings. The Morgan fingerprint density at radius 1 is 1.38 bits per heavy atom. The van der Waals surface area contributed by atoms with Crippen molar-refractivity contribution in [1.29, 1.82) is 5.26 Å². The number of terminal acetylenes is 1. The van der Waals surface area contributed by atoms with Gasteiger partial charge in [0.15, 0.2) is 0 Å². The SMILES string of the molecule is C#CCCCCNc1cc(Br)ccc1C#N. The van der Waals surface area contributed by atoms with E-state index in [1.54, 1.807) is 6.07 Å². The highest BCUT2D eigenvalue weighted by Crippen LogP contribution is 2.20. The Morgan fingerprint density at radius 2 is 2.19 bits per heavy atom. The third-order valence-corrected chi connectivity index (χ3v) is 2.66. The molecule has 82 valence electrons. The molecule has 0 bridgehead atoms. The van der Waals surface area contributed by atoms with E-state index in [0.29, 0.717) is 5.56 Å². The Morgan fingerprint density at radius 3 is 2.88 bits per heavy atom. The van der Waals surface area contributed by atoms with Crippen LogP contribution in [0.1, 0.15) is 24.8 Å². The molecule has 0 aliphatic carbocycles. The highest BCUT2D eigenvalue weighted by Gasteiger charge is 2.01. The van der Waals surface area contributed by atoms with Crippen LogP contribution >= 0.6 is 15.9 Å². The summed E-state index contributed by atoms with van der Waals surface area (Å²) in [6.07, 6.45) is 8.01. The van der Waals surface area contributed by atoms with Gasteiger partial charge in [0.2, 0.25) is 0 Å². The summed E-state index contributed by atoms with van der Waals surface area (Å²) in [4.78, 5) is 0. The zero-order valence-corrected chi connectivity index (χ0v) is 10.5. The Hall–Kier alpha value is -1.45. The highest BCUT2D eigenvalue weighted by atomic mass is 79.9. The molecule has 0 unspecified atom stereocenters. The number of halogens is 1. The van der Waals surface area contributed by atoms with Gasteiger partial charge >= 0.3 is 0 Å². The van der Waals surface area contributed by atoms with Crippen LogP contribution in [-0.2, 0) is 0 Å². The van der Waals surface area contributed by atoms with E-state index >= 15 is 0 Å². The van der Waals surface area contributed by atoms with Crippen LogP contribution < -0.4 is 5.32 Å². The maximum Gasteiger partial charge on any atom is 0.101 e. The minimum Gasteiger partial charge on any atom is -0.384 e. The average Bonchev–Trinajstić information content (AvgIpc) is 2.29. The summed E-state index contributed by atoms with van der Waals surface area (Å²) in [6.45, 7) is 0.840. The number of nitrogens with zero attached hydrogens (tertiary/aromatic N) is 1. The van der Waals surface area contributed by atoms with Gasteiger partial charge in [-0.15, -0.1) is 12.3 Å². The van der Waals surface area contributed by atoms with Gasteiger partial charge < -0.3 is 5.32 Å². The van der Waals surface area contributed by atoms with Crippen molar-refractivity contribution in [2.45, 2.75) is 19.3 Å². The van der Waals surface area contributed by atoms with Crippen LogP contribution in [0.3, 0.4) is 0 Å². The van der Waals surface area contributed by atoms with Crippen LogP contribution in [0.15, 0.2) is 22.7 Å². The van der Waals surface area contributed by atoms with Crippen molar-refractivity contribution in [1.82, 2.24) is 0 Å². The monoisotopic (exact) mass is 276 g/mol. The normalized spacial score (nSPS) is 9.19. The molecule has 0 amide bonds. The molecule has 0 atom stereocenters. The fourth-order valence-electron chi connectivity index (χ4n) is 1.34. The molecule has 0 heterocycles. The summed E-state index contributed by atoms with van der Waals surface area (Å²) in [5.74, 6) is 2.61. The molecular weight excluding hydrogens is 264 g/mol. The lowest BCUT2D eigenvalue weighted by atomic mass is 10.2. The lowest BCUT2D eigenvalue weighted by Gasteiger charge is -2.07. The Balaban J connectivity index is 2.50. The molecule has 0 spiro atoms. The molecule has 0 aromatic heterocycles. The predicted octanol–water partition coefficient (Wildman–Crippen LogP) is 3.54. The average molecular weight is 277 g/mol. The van der Waals surface area contributed by atoms with E-state index in [1.165, 1.54) is 0 Å². The minimum absolute atomic E-state index is 0.667. The fourth-order valence-corrected chi connectivity index (χ4v) is 1.70. The smallest absolute Gasteiger partial charge is 0.101 e. The second kappa shape index (κ2) is 6.93. The minimum atomic E-state index is 0.667. The highest BCUT2D eigenvalue weighted by molar-refractivity contribution is 9.10. The molecule has 3 heteroatoms. The molecule has 0 radical (unpaired) electrons. The first-order valence-electron chi connectivity index (χ1n) is 5.15. The second-order valence-corrected chi connectivity index (χ2v) is 4.31. The van der Waals surface area contributed by atoms with Crippen molar-refractivity contribution in [3.8, 4) is 18.4 Å². The van der Waals surface area contributed by atoms with E-state index in [4.69, 9.17) is 11.7 Å². The fraction of sp³-hybridized carbons (Fsp3) is 0.308. The second-order valence-electron chi connectivity index (χ2n) is 3.39. The van der Waals surface area contributed by atoms with Gasteiger partial charge in [0, 0.05) is 17.4 Å². The molecule has 0 aliphatic rings. The quantitative estimate of drug-likeness (QED) is 0.660. The van der Waals surface area contributed by atoms with Gasteiger partial charge in [-0.05, 0) is 31.0 Å². The van der Waals surface area contributed by atoms with Crippen molar-refractivity contribution in [3.05, 3.63) is 28.2 Å². The predicted molar refractivity (Wildman–Crippen MR) is 70.0 cm³/mol. The summed E-state index contributed by atoms with van der Waals surface area (Å²) in [7, 11) is 0. The number of unbranched alkanes of at least 4 members (excludes halogenated alkanes) is 2. The number of benzene rings is 1. The van der Waals surface area contributed by atoms with Crippen LogP contribution in [0.25, 0.3) is 0 Å². The Labute approximate surface area is 105 Å². The molecule has 1 N–H and O–H groups in total. The van der Waals surface area contributed by atoms with Crippen molar-refractivity contribution >= 4 is 21.6 Å². The van der Waals surface area contributed by atoms with Crippen molar-refractivity contribution in [2.75, 3.05) is 11.9 Å². The summed E-state index contributed by atoms with van der Waals surface area (Å²) >= 11 is 3.38. The van der Waals surface area contributed by atoms with Crippen LogP contribution in [-0.4, -0.2) is 6.54 Å². The third kappa shape index (κ3) is 3.96. The summed E-state index contributed by atoms with van der Waals surface area (Å²) < 4.78 is 0.970. The van der Waals surface area contributed by atoms with Crippen LogP contribution in [0.2, 0.25) is 0 Å². The van der Waals surface area contributed by atoms with Gasteiger partial charge in [-0.1, -0.05) is 15.9 Å². The summed E-state index contributed by atoms with van der Waals surface area (Å²) in [5.41, 5.74) is 1.54. The Kier molecular flexibility index (Phi) is 5.46. The van der Waals surface area contributed by atoms with E-state index in [-0.39, 0.29) is 0 Å². The zero-order valence-electron chi connectivity index (χ0n) is 8.96. The first kappa shape index (κ1) is 12.6. The molecule has 0 aliphatic heterocycles. The molecule has 1 aromatic carbocycles. The van der Waals surface area contributed by atoms with Gasteiger partial charge in [0.25, 0.3) is 0 Å². The van der Waals surface area contributed by atoms with Crippen molar-refractivity contribution in [2.24, 2.45) is 0 Å². The van der Waals surface area contributed by atoms with Gasteiger partial charge in [-0.25, -0.2) is 0 Å². The van der Waals surface area contributed by atoms with E-state index in [0.717, 1.165) is 36.0 Å². The number of rotatable bonds is 5. The maximum atomic E-state index is 8.92. The molecule has 0 fully saturated rings. The van der Waals surface area contributed by atoms with Gasteiger partial charge in [0.1, 0.15) is 6.07 Å². The number of nitriles is 1. The van der Waals surface area contributed by atoms with E-state index in [1.807, 2.05) is 12.1 Å². The molecule has 1 rings (SSSR count). The number of nitrogens with one attached hydrogen (secondary N) is 1. The van der Waals surface area contributed by atoms with Crippen LogP contribution in [0, 0.1) is 23.7 Å². The van der Waals surface area contributed by atoms with Crippen molar-refractivity contribution in [3.63, 3.8) is 0 Å². The number of anilines is 1. The molecule has 0 saturated heterocycles. The summed E-state index contributed by atoms with van der Waals surface area (Å²) in [5, 5.41) is 12.2. The molecule has 0 saturated carbocycles. The first-order chi connectivity index (χ1) is 7.77. The van der Waals surface area contributed by atoms with E-state index in [9.17, 15) is 0 Å². The van der Waals surface area contributed by atoms with Crippen LogP contribution in [0.5, 0.6) is 0 Å². The van der Waals surface area contributed by atoms with Gasteiger partial charge in [-0.2, -0.15) is 5.26 Å². The molecular formula is C13H13BrN2. The molecule has 2 nitrogen and oxygen atoms in total. The Bertz CT molecular complexity index is 427.